The molecule has 1 aliphatic heterocycles. The number of ether oxygens (including phenoxy) is 1. The molecule has 0 aliphatic carbocycles. The highest BCUT2D eigenvalue weighted by Gasteiger charge is 2.22. The van der Waals surface area contributed by atoms with Crippen LogP contribution in [-0.2, 0) is 4.79 Å². The first-order valence-electron chi connectivity index (χ1n) is 9.74. The van der Waals surface area contributed by atoms with Crippen LogP contribution < -0.4 is 4.74 Å². The Labute approximate surface area is 175 Å². The number of nitrogens with zero attached hydrogens (tertiary/aromatic N) is 2. The van der Waals surface area contributed by atoms with Crippen LogP contribution in [-0.4, -0.2) is 54.4 Å². The van der Waals surface area contributed by atoms with E-state index in [1.807, 2.05) is 12.1 Å². The van der Waals surface area contributed by atoms with Crippen LogP contribution in [0.2, 0.25) is 5.02 Å². The first-order valence-corrected chi connectivity index (χ1v) is 10.1. The molecule has 0 N–H and O–H groups in total. The summed E-state index contributed by atoms with van der Waals surface area (Å²) >= 11 is 6.05. The number of hydrogen-bond donors (Lipinski definition) is 0. The molecule has 1 aliphatic rings. The molecule has 2 amide bonds. The number of carbonyl (C=O) groups is 2. The number of halogens is 2. The van der Waals surface area contributed by atoms with Crippen LogP contribution in [0.4, 0.5) is 4.39 Å². The van der Waals surface area contributed by atoms with Crippen molar-refractivity contribution in [2.24, 2.45) is 0 Å². The number of amides is 2. The van der Waals surface area contributed by atoms with Crippen molar-refractivity contribution in [2.45, 2.75) is 19.3 Å². The monoisotopic (exact) mass is 418 g/mol. The summed E-state index contributed by atoms with van der Waals surface area (Å²) in [5.41, 5.74) is 0.461. The van der Waals surface area contributed by atoms with Crippen molar-refractivity contribution in [3.63, 3.8) is 0 Å². The molecule has 0 unspecified atom stereocenters. The highest BCUT2D eigenvalue weighted by Crippen LogP contribution is 2.23. The normalized spacial score (nSPS) is 14.4. The molecule has 1 fully saturated rings. The molecule has 1 heterocycles. The first-order chi connectivity index (χ1) is 14.0. The van der Waals surface area contributed by atoms with Crippen molar-refractivity contribution < 1.29 is 18.7 Å². The van der Waals surface area contributed by atoms with Gasteiger partial charge in [0.2, 0.25) is 5.91 Å². The van der Waals surface area contributed by atoms with Crippen LogP contribution in [0.1, 0.15) is 29.6 Å². The van der Waals surface area contributed by atoms with Gasteiger partial charge in [-0.2, -0.15) is 0 Å². The summed E-state index contributed by atoms with van der Waals surface area (Å²) in [6.45, 7) is 2.58. The SMILES string of the molecule is O=C(CCCOc1ccccc1Cl)N1CCCN(C(=O)c2ccc(F)cc2)CC1. The topological polar surface area (TPSA) is 49.9 Å². The van der Waals surface area contributed by atoms with E-state index in [4.69, 9.17) is 16.3 Å². The second-order valence-corrected chi connectivity index (χ2v) is 7.32. The van der Waals surface area contributed by atoms with Gasteiger partial charge in [-0.3, -0.25) is 9.59 Å². The second kappa shape index (κ2) is 10.3. The highest BCUT2D eigenvalue weighted by atomic mass is 35.5. The molecule has 0 spiro atoms. The van der Waals surface area contributed by atoms with Crippen LogP contribution >= 0.6 is 11.6 Å². The van der Waals surface area contributed by atoms with Crippen molar-refractivity contribution in [2.75, 3.05) is 32.8 Å². The largest absolute Gasteiger partial charge is 0.492 e. The molecule has 154 valence electrons. The molecule has 3 rings (SSSR count). The van der Waals surface area contributed by atoms with Gasteiger partial charge in [-0.05, 0) is 49.2 Å². The lowest BCUT2D eigenvalue weighted by Crippen LogP contribution is -2.37. The van der Waals surface area contributed by atoms with Gasteiger partial charge >= 0.3 is 0 Å². The minimum absolute atomic E-state index is 0.0591. The molecule has 29 heavy (non-hydrogen) atoms. The number of carbonyl (C=O) groups excluding carboxylic acids is 2. The molecule has 2 aromatic rings. The smallest absolute Gasteiger partial charge is 0.253 e. The van der Waals surface area contributed by atoms with Crippen molar-refractivity contribution >= 4 is 23.4 Å². The average Bonchev–Trinajstić information content (AvgIpc) is 2.99. The van der Waals surface area contributed by atoms with Gasteiger partial charge in [-0.1, -0.05) is 23.7 Å². The Hall–Kier alpha value is -2.60. The zero-order valence-corrected chi connectivity index (χ0v) is 16.9. The van der Waals surface area contributed by atoms with Crippen molar-refractivity contribution in [3.8, 4) is 5.75 Å². The Bertz CT molecular complexity index is 844. The van der Waals surface area contributed by atoms with Crippen LogP contribution in [0.5, 0.6) is 5.75 Å². The van der Waals surface area contributed by atoms with E-state index in [2.05, 4.69) is 0 Å². The van der Waals surface area contributed by atoms with Crippen LogP contribution in [0.15, 0.2) is 48.5 Å². The molecule has 0 saturated carbocycles. The lowest BCUT2D eigenvalue weighted by atomic mass is 10.2. The minimum atomic E-state index is -0.368. The Morgan fingerprint density at radius 1 is 0.966 bits per heavy atom. The van der Waals surface area contributed by atoms with E-state index in [-0.39, 0.29) is 17.6 Å². The lowest BCUT2D eigenvalue weighted by Gasteiger charge is -2.22. The third kappa shape index (κ3) is 5.94. The van der Waals surface area contributed by atoms with Gasteiger partial charge < -0.3 is 14.5 Å². The van der Waals surface area contributed by atoms with Gasteiger partial charge in [0.05, 0.1) is 11.6 Å². The number of benzene rings is 2. The van der Waals surface area contributed by atoms with Crippen LogP contribution in [0.25, 0.3) is 0 Å². The fourth-order valence-corrected chi connectivity index (χ4v) is 3.46. The standard InChI is InChI=1S/C22H24ClFN2O3/c23-19-5-1-2-6-20(19)29-16-3-7-21(27)25-12-4-13-26(15-14-25)22(28)17-8-10-18(24)11-9-17/h1-2,5-6,8-11H,3-4,7,12-16H2. The molecule has 5 nitrogen and oxygen atoms in total. The number of rotatable bonds is 6. The molecule has 0 bridgehead atoms. The minimum Gasteiger partial charge on any atom is -0.492 e. The predicted molar refractivity (Wildman–Crippen MR) is 110 cm³/mol. The molecule has 0 atom stereocenters. The Morgan fingerprint density at radius 2 is 1.66 bits per heavy atom. The summed E-state index contributed by atoms with van der Waals surface area (Å²) in [5, 5.41) is 0.553. The van der Waals surface area contributed by atoms with Gasteiger partial charge in [0.25, 0.3) is 5.91 Å². The molecule has 0 aromatic heterocycles. The zero-order chi connectivity index (χ0) is 20.6. The molecule has 0 radical (unpaired) electrons. The van der Waals surface area contributed by atoms with E-state index in [0.717, 1.165) is 6.42 Å². The summed E-state index contributed by atoms with van der Waals surface area (Å²) in [4.78, 5) is 28.6. The van der Waals surface area contributed by atoms with Gasteiger partial charge in [0.15, 0.2) is 0 Å². The van der Waals surface area contributed by atoms with E-state index in [0.29, 0.717) is 62.0 Å². The van der Waals surface area contributed by atoms with Gasteiger partial charge in [-0.15, -0.1) is 0 Å². The molecule has 1 saturated heterocycles. The summed E-state index contributed by atoms with van der Waals surface area (Å²) in [6, 6.07) is 12.8. The Morgan fingerprint density at radius 3 is 2.41 bits per heavy atom. The van der Waals surface area contributed by atoms with Gasteiger partial charge in [0.1, 0.15) is 11.6 Å². The molecule has 2 aromatic carbocycles. The Kier molecular flexibility index (Phi) is 7.47. The van der Waals surface area contributed by atoms with Gasteiger partial charge in [-0.25, -0.2) is 4.39 Å². The van der Waals surface area contributed by atoms with E-state index >= 15 is 0 Å². The highest BCUT2D eigenvalue weighted by molar-refractivity contribution is 6.32. The maximum absolute atomic E-state index is 13.1. The lowest BCUT2D eigenvalue weighted by molar-refractivity contribution is -0.131. The molecular weight excluding hydrogens is 395 g/mol. The zero-order valence-electron chi connectivity index (χ0n) is 16.2. The fraction of sp³-hybridized carbons (Fsp3) is 0.364. The summed E-state index contributed by atoms with van der Waals surface area (Å²) in [6.07, 6.45) is 1.70. The third-order valence-electron chi connectivity index (χ3n) is 4.86. The molecular formula is C22H24ClFN2O3. The second-order valence-electron chi connectivity index (χ2n) is 6.92. The maximum atomic E-state index is 13.1. The van der Waals surface area contributed by atoms with Crippen LogP contribution in [0, 0.1) is 5.82 Å². The summed E-state index contributed by atoms with van der Waals surface area (Å²) < 4.78 is 18.7. The summed E-state index contributed by atoms with van der Waals surface area (Å²) in [7, 11) is 0. The maximum Gasteiger partial charge on any atom is 0.253 e. The average molecular weight is 419 g/mol. The fourth-order valence-electron chi connectivity index (χ4n) is 3.27. The molecule has 7 heteroatoms. The first kappa shape index (κ1) is 21.1. The Balaban J connectivity index is 1.43. The van der Waals surface area contributed by atoms with E-state index in [9.17, 15) is 14.0 Å². The van der Waals surface area contributed by atoms with Crippen molar-refractivity contribution in [1.29, 1.82) is 0 Å². The quantitative estimate of drug-likeness (QED) is 0.666. The number of hydrogen-bond acceptors (Lipinski definition) is 3. The van der Waals surface area contributed by atoms with E-state index in [1.165, 1.54) is 24.3 Å². The van der Waals surface area contributed by atoms with Gasteiger partial charge in [0, 0.05) is 38.2 Å². The van der Waals surface area contributed by atoms with Crippen LogP contribution in [0.3, 0.4) is 0 Å². The van der Waals surface area contributed by atoms with E-state index < -0.39 is 0 Å². The third-order valence-corrected chi connectivity index (χ3v) is 5.17. The van der Waals surface area contributed by atoms with Crippen molar-refractivity contribution in [1.82, 2.24) is 9.80 Å². The van der Waals surface area contributed by atoms with Crippen molar-refractivity contribution in [3.05, 3.63) is 64.9 Å². The van der Waals surface area contributed by atoms with E-state index in [1.54, 1.807) is 21.9 Å². The summed E-state index contributed by atoms with van der Waals surface area (Å²) in [5.74, 6) is 0.176. The number of para-hydroxylation sites is 1. The predicted octanol–water partition coefficient (Wildman–Crippen LogP) is 4.01.